The average Bonchev–Trinajstić information content (AvgIpc) is 1.83. The van der Waals surface area contributed by atoms with E-state index in [4.69, 9.17) is 0 Å². The third-order valence-electron chi connectivity index (χ3n) is 0.668. The van der Waals surface area contributed by atoms with Gasteiger partial charge >= 0.3 is 0 Å². The lowest BCUT2D eigenvalue weighted by Gasteiger charge is -1.87. The lowest BCUT2D eigenvalue weighted by atomic mass is 10.3. The molecule has 3 heteroatoms. The first-order valence-electron chi connectivity index (χ1n) is 2.49. The standard InChI is InChI=1S/C6H8O2S/c1-5(8)2-3-6(9)4-7/h2-4,6,9H,1H3/b3-2+. The van der Waals surface area contributed by atoms with Crippen LogP contribution in [0.3, 0.4) is 0 Å². The Morgan fingerprint density at radius 2 is 2.22 bits per heavy atom. The normalized spacial score (nSPS) is 13.6. The molecule has 0 aliphatic rings. The van der Waals surface area contributed by atoms with Gasteiger partial charge in [-0.05, 0) is 13.0 Å². The Labute approximate surface area is 59.4 Å². The van der Waals surface area contributed by atoms with E-state index in [1.807, 2.05) is 0 Å². The molecule has 0 bridgehead atoms. The number of hydrogen-bond acceptors (Lipinski definition) is 3. The van der Waals surface area contributed by atoms with Crippen molar-refractivity contribution in [1.29, 1.82) is 0 Å². The van der Waals surface area contributed by atoms with Gasteiger partial charge in [-0.1, -0.05) is 6.08 Å². The predicted octanol–water partition coefficient (Wildman–Crippen LogP) is 0.629. The summed E-state index contributed by atoms with van der Waals surface area (Å²) in [7, 11) is 0. The lowest BCUT2D eigenvalue weighted by Crippen LogP contribution is -1.94. The van der Waals surface area contributed by atoms with Crippen LogP contribution in [0.15, 0.2) is 12.2 Å². The highest BCUT2D eigenvalue weighted by molar-refractivity contribution is 7.81. The quantitative estimate of drug-likeness (QED) is 0.358. The molecule has 0 aromatic heterocycles. The number of carbonyl (C=O) groups excluding carboxylic acids is 2. The van der Waals surface area contributed by atoms with Gasteiger partial charge in [0, 0.05) is 0 Å². The maximum atomic E-state index is 10.2. The Bertz CT molecular complexity index is 140. The van der Waals surface area contributed by atoms with Gasteiger partial charge in [0.2, 0.25) is 0 Å². The van der Waals surface area contributed by atoms with Crippen LogP contribution in [0.4, 0.5) is 0 Å². The molecule has 1 unspecified atom stereocenters. The van der Waals surface area contributed by atoms with Crippen LogP contribution in [0.25, 0.3) is 0 Å². The van der Waals surface area contributed by atoms with E-state index in [0.29, 0.717) is 6.29 Å². The number of carbonyl (C=O) groups is 2. The summed E-state index contributed by atoms with van der Waals surface area (Å²) in [4.78, 5) is 20.1. The topological polar surface area (TPSA) is 34.1 Å². The molecule has 0 N–H and O–H groups in total. The number of hydrogen-bond donors (Lipinski definition) is 1. The summed E-state index contributed by atoms with van der Waals surface area (Å²) in [5, 5.41) is -0.450. The van der Waals surface area contributed by atoms with Crippen molar-refractivity contribution in [2.45, 2.75) is 12.2 Å². The van der Waals surface area contributed by atoms with Crippen molar-refractivity contribution in [3.05, 3.63) is 12.2 Å². The van der Waals surface area contributed by atoms with Gasteiger partial charge in [-0.2, -0.15) is 12.6 Å². The summed E-state index contributed by atoms with van der Waals surface area (Å²) < 4.78 is 0. The number of aldehydes is 1. The van der Waals surface area contributed by atoms with E-state index >= 15 is 0 Å². The summed E-state index contributed by atoms with van der Waals surface area (Å²) in [6, 6.07) is 0. The molecule has 0 aromatic carbocycles. The van der Waals surface area contributed by atoms with Gasteiger partial charge in [0.25, 0.3) is 0 Å². The zero-order chi connectivity index (χ0) is 7.28. The molecule has 0 saturated carbocycles. The first-order valence-corrected chi connectivity index (χ1v) is 3.00. The largest absolute Gasteiger partial charge is 0.302 e. The van der Waals surface area contributed by atoms with Gasteiger partial charge in [-0.25, -0.2) is 0 Å². The van der Waals surface area contributed by atoms with Crippen LogP contribution in [-0.4, -0.2) is 17.3 Å². The fourth-order valence-corrected chi connectivity index (χ4v) is 0.366. The van der Waals surface area contributed by atoms with E-state index in [-0.39, 0.29) is 5.78 Å². The number of allylic oxidation sites excluding steroid dienone is 1. The first-order chi connectivity index (χ1) is 4.16. The molecule has 2 nitrogen and oxygen atoms in total. The molecule has 1 atom stereocenters. The first kappa shape index (κ1) is 8.43. The van der Waals surface area contributed by atoms with Gasteiger partial charge in [-0.15, -0.1) is 0 Å². The van der Waals surface area contributed by atoms with Crippen LogP contribution < -0.4 is 0 Å². The highest BCUT2D eigenvalue weighted by Gasteiger charge is 1.91. The third-order valence-corrected chi connectivity index (χ3v) is 0.961. The summed E-state index contributed by atoms with van der Waals surface area (Å²) in [6.45, 7) is 1.42. The number of ketones is 1. The van der Waals surface area contributed by atoms with E-state index in [1.54, 1.807) is 0 Å². The molecule has 0 saturated heterocycles. The van der Waals surface area contributed by atoms with E-state index in [2.05, 4.69) is 12.6 Å². The Hall–Kier alpha value is -0.570. The van der Waals surface area contributed by atoms with Gasteiger partial charge in [0.1, 0.15) is 6.29 Å². The molecule has 0 heterocycles. The minimum atomic E-state index is -0.450. The monoisotopic (exact) mass is 144 g/mol. The van der Waals surface area contributed by atoms with Gasteiger partial charge in [0.15, 0.2) is 5.78 Å². The van der Waals surface area contributed by atoms with Gasteiger partial charge in [-0.3, -0.25) is 4.79 Å². The fraction of sp³-hybridized carbons (Fsp3) is 0.333. The molecule has 0 fully saturated rings. The Balaban J connectivity index is 3.69. The van der Waals surface area contributed by atoms with Crippen molar-refractivity contribution >= 4 is 24.7 Å². The average molecular weight is 144 g/mol. The van der Waals surface area contributed by atoms with Crippen molar-refractivity contribution in [3.63, 3.8) is 0 Å². The molecule has 0 spiro atoms. The van der Waals surface area contributed by atoms with E-state index < -0.39 is 5.25 Å². The summed E-state index contributed by atoms with van der Waals surface area (Å²) in [5.41, 5.74) is 0. The van der Waals surface area contributed by atoms with Gasteiger partial charge in [0.05, 0.1) is 5.25 Å². The second-order valence-corrected chi connectivity index (χ2v) is 2.19. The minimum Gasteiger partial charge on any atom is -0.302 e. The Kier molecular flexibility index (Phi) is 4.05. The van der Waals surface area contributed by atoms with Crippen LogP contribution in [0.5, 0.6) is 0 Å². The second kappa shape index (κ2) is 4.32. The number of rotatable bonds is 3. The maximum absolute atomic E-state index is 10.2. The summed E-state index contributed by atoms with van der Waals surface area (Å²) in [5.74, 6) is -0.0732. The van der Waals surface area contributed by atoms with Crippen molar-refractivity contribution in [2.75, 3.05) is 0 Å². The molecule has 50 valence electrons. The van der Waals surface area contributed by atoms with Crippen molar-refractivity contribution < 1.29 is 9.59 Å². The second-order valence-electron chi connectivity index (χ2n) is 1.60. The molecule has 0 rings (SSSR count). The van der Waals surface area contributed by atoms with Crippen molar-refractivity contribution in [1.82, 2.24) is 0 Å². The van der Waals surface area contributed by atoms with Crippen LogP contribution in [0.2, 0.25) is 0 Å². The molecular formula is C6H8O2S. The molecule has 0 aliphatic carbocycles. The summed E-state index contributed by atoms with van der Waals surface area (Å²) in [6.07, 6.45) is 3.42. The van der Waals surface area contributed by atoms with Gasteiger partial charge < -0.3 is 4.79 Å². The third kappa shape index (κ3) is 5.30. The molecule has 0 radical (unpaired) electrons. The lowest BCUT2D eigenvalue weighted by molar-refractivity contribution is -0.112. The Morgan fingerprint density at radius 1 is 1.67 bits per heavy atom. The van der Waals surface area contributed by atoms with Crippen LogP contribution >= 0.6 is 12.6 Å². The van der Waals surface area contributed by atoms with E-state index in [9.17, 15) is 9.59 Å². The molecule has 0 aliphatic heterocycles. The Morgan fingerprint density at radius 3 is 2.56 bits per heavy atom. The van der Waals surface area contributed by atoms with E-state index in [1.165, 1.54) is 19.1 Å². The minimum absolute atomic E-state index is 0.0732. The van der Waals surface area contributed by atoms with Crippen LogP contribution in [0.1, 0.15) is 6.92 Å². The molecule has 0 aromatic rings. The zero-order valence-corrected chi connectivity index (χ0v) is 5.97. The number of thiol groups is 1. The maximum Gasteiger partial charge on any atom is 0.152 e. The van der Waals surface area contributed by atoms with Crippen molar-refractivity contribution in [2.24, 2.45) is 0 Å². The summed E-state index contributed by atoms with van der Waals surface area (Å²) >= 11 is 3.80. The highest BCUT2D eigenvalue weighted by atomic mass is 32.1. The molecular weight excluding hydrogens is 136 g/mol. The SMILES string of the molecule is CC(=O)/C=C/C(S)C=O. The zero-order valence-electron chi connectivity index (χ0n) is 5.07. The smallest absolute Gasteiger partial charge is 0.152 e. The van der Waals surface area contributed by atoms with Crippen LogP contribution in [-0.2, 0) is 9.59 Å². The molecule has 0 amide bonds. The fourth-order valence-electron chi connectivity index (χ4n) is 0.279. The van der Waals surface area contributed by atoms with Crippen LogP contribution in [0, 0.1) is 0 Å². The van der Waals surface area contributed by atoms with Crippen molar-refractivity contribution in [3.8, 4) is 0 Å². The highest BCUT2D eigenvalue weighted by Crippen LogP contribution is 1.91. The predicted molar refractivity (Wildman–Crippen MR) is 38.7 cm³/mol. The molecule has 9 heavy (non-hydrogen) atoms. The van der Waals surface area contributed by atoms with E-state index in [0.717, 1.165) is 0 Å².